The molecule has 0 aromatic carbocycles. The van der Waals surface area contributed by atoms with E-state index in [-0.39, 0.29) is 6.04 Å². The highest BCUT2D eigenvalue weighted by atomic mass is 32.2. The van der Waals surface area contributed by atoms with Gasteiger partial charge in [0, 0.05) is 11.3 Å². The first-order valence-electron chi connectivity index (χ1n) is 2.70. The van der Waals surface area contributed by atoms with Gasteiger partial charge in [-0.05, 0) is 6.26 Å². The first-order chi connectivity index (χ1) is 3.84. The van der Waals surface area contributed by atoms with E-state index in [1.165, 1.54) is 0 Å². The van der Waals surface area contributed by atoms with E-state index in [2.05, 4.69) is 6.26 Å². The molecule has 2 N–H and O–H groups in total. The maximum Gasteiger partial charge on any atom is 0.0629 e. The monoisotopic (exact) mass is 133 g/mol. The van der Waals surface area contributed by atoms with Gasteiger partial charge in [-0.1, -0.05) is 0 Å². The van der Waals surface area contributed by atoms with Crippen molar-refractivity contribution in [1.29, 1.82) is 0 Å². The van der Waals surface area contributed by atoms with Crippen LogP contribution in [0.4, 0.5) is 0 Å². The van der Waals surface area contributed by atoms with E-state index < -0.39 is 0 Å². The van der Waals surface area contributed by atoms with Crippen molar-refractivity contribution >= 4 is 11.8 Å². The van der Waals surface area contributed by atoms with Crippen molar-refractivity contribution in [2.45, 2.75) is 11.3 Å². The second kappa shape index (κ2) is 2.71. The molecule has 2 atom stereocenters. The molecule has 1 heterocycles. The Balaban J connectivity index is 2.30. The van der Waals surface area contributed by atoms with Crippen LogP contribution in [-0.4, -0.2) is 30.8 Å². The summed E-state index contributed by atoms with van der Waals surface area (Å²) in [6, 6.07) is 0.269. The van der Waals surface area contributed by atoms with Gasteiger partial charge in [-0.2, -0.15) is 11.8 Å². The summed E-state index contributed by atoms with van der Waals surface area (Å²) in [6.45, 7) is 1.58. The maximum atomic E-state index is 5.64. The van der Waals surface area contributed by atoms with Crippen molar-refractivity contribution in [1.82, 2.24) is 0 Å². The molecule has 1 fully saturated rings. The van der Waals surface area contributed by atoms with Gasteiger partial charge in [-0.25, -0.2) is 0 Å². The normalized spacial score (nSPS) is 38.2. The third-order valence-corrected chi connectivity index (χ3v) is 2.46. The number of thioether (sulfide) groups is 1. The molecule has 48 valence electrons. The quantitative estimate of drug-likeness (QED) is 0.550. The summed E-state index contributed by atoms with van der Waals surface area (Å²) in [5.74, 6) is 0. The molecule has 1 aliphatic heterocycles. The van der Waals surface area contributed by atoms with Gasteiger partial charge in [0.05, 0.1) is 13.2 Å². The smallest absolute Gasteiger partial charge is 0.0629 e. The van der Waals surface area contributed by atoms with Crippen LogP contribution >= 0.6 is 11.8 Å². The van der Waals surface area contributed by atoms with Crippen LogP contribution in [0.25, 0.3) is 0 Å². The molecule has 0 amide bonds. The van der Waals surface area contributed by atoms with Crippen molar-refractivity contribution in [3.8, 4) is 0 Å². The Hall–Kier alpha value is 0.270. The fourth-order valence-corrected chi connectivity index (χ4v) is 1.45. The molecule has 0 bridgehead atoms. The second-order valence-electron chi connectivity index (χ2n) is 1.98. The van der Waals surface area contributed by atoms with Crippen molar-refractivity contribution in [2.75, 3.05) is 19.5 Å². The van der Waals surface area contributed by atoms with Crippen LogP contribution in [-0.2, 0) is 4.74 Å². The standard InChI is InChI=1S/C5H11NOS/c1-8-5-3-7-2-4(5)6/h4-5H,2-3,6H2,1H3/t4-,5+/m1/s1. The molecule has 0 radical (unpaired) electrons. The van der Waals surface area contributed by atoms with Crippen LogP contribution in [0.3, 0.4) is 0 Å². The number of hydrogen-bond acceptors (Lipinski definition) is 3. The minimum atomic E-state index is 0.269. The second-order valence-corrected chi connectivity index (χ2v) is 3.05. The van der Waals surface area contributed by atoms with E-state index in [0.29, 0.717) is 5.25 Å². The molecule has 0 aliphatic carbocycles. The van der Waals surface area contributed by atoms with Crippen LogP contribution in [0.1, 0.15) is 0 Å². The number of rotatable bonds is 1. The molecule has 0 saturated carbocycles. The Kier molecular flexibility index (Phi) is 2.16. The molecule has 0 aromatic rings. The zero-order valence-corrected chi connectivity index (χ0v) is 5.78. The molecule has 8 heavy (non-hydrogen) atoms. The van der Waals surface area contributed by atoms with Crippen LogP contribution in [0.15, 0.2) is 0 Å². The van der Waals surface area contributed by atoms with Gasteiger partial charge in [-0.3, -0.25) is 0 Å². The van der Waals surface area contributed by atoms with Crippen molar-refractivity contribution in [3.05, 3.63) is 0 Å². The SMILES string of the molecule is CS[C@H]1COC[C@H]1N. The topological polar surface area (TPSA) is 35.2 Å². The Bertz CT molecular complexity index is 78.8. The van der Waals surface area contributed by atoms with Crippen LogP contribution in [0.5, 0.6) is 0 Å². The third kappa shape index (κ3) is 1.16. The summed E-state index contributed by atoms with van der Waals surface area (Å²) in [5.41, 5.74) is 5.64. The van der Waals surface area contributed by atoms with Crippen LogP contribution < -0.4 is 5.73 Å². The predicted octanol–water partition coefficient (Wildman–Crippen LogP) is 0.0755. The number of nitrogens with two attached hydrogens (primary N) is 1. The van der Waals surface area contributed by atoms with Gasteiger partial charge in [0.25, 0.3) is 0 Å². The Morgan fingerprint density at radius 3 is 2.62 bits per heavy atom. The molecule has 1 saturated heterocycles. The van der Waals surface area contributed by atoms with Gasteiger partial charge >= 0.3 is 0 Å². The molecule has 2 nitrogen and oxygen atoms in total. The lowest BCUT2D eigenvalue weighted by atomic mass is 10.3. The van der Waals surface area contributed by atoms with E-state index in [1.807, 2.05) is 0 Å². The van der Waals surface area contributed by atoms with E-state index in [9.17, 15) is 0 Å². The summed E-state index contributed by atoms with van der Waals surface area (Å²) in [6.07, 6.45) is 2.07. The first-order valence-corrected chi connectivity index (χ1v) is 3.99. The van der Waals surface area contributed by atoms with Crippen molar-refractivity contribution in [3.63, 3.8) is 0 Å². The molecular weight excluding hydrogens is 122 g/mol. The zero-order chi connectivity index (χ0) is 5.98. The third-order valence-electron chi connectivity index (χ3n) is 1.37. The first kappa shape index (κ1) is 6.39. The zero-order valence-electron chi connectivity index (χ0n) is 4.96. The fraction of sp³-hybridized carbons (Fsp3) is 1.00. The van der Waals surface area contributed by atoms with Crippen molar-refractivity contribution < 1.29 is 4.74 Å². The van der Waals surface area contributed by atoms with E-state index in [0.717, 1.165) is 13.2 Å². The van der Waals surface area contributed by atoms with Crippen molar-refractivity contribution in [2.24, 2.45) is 5.73 Å². The van der Waals surface area contributed by atoms with E-state index >= 15 is 0 Å². The fourth-order valence-electron chi connectivity index (χ4n) is 0.794. The average molecular weight is 133 g/mol. The number of ether oxygens (including phenoxy) is 1. The van der Waals surface area contributed by atoms with Gasteiger partial charge in [0.1, 0.15) is 0 Å². The summed E-state index contributed by atoms with van der Waals surface area (Å²) >= 11 is 1.79. The van der Waals surface area contributed by atoms with Gasteiger partial charge in [0.15, 0.2) is 0 Å². The summed E-state index contributed by atoms with van der Waals surface area (Å²) < 4.78 is 5.11. The molecule has 0 unspecified atom stereocenters. The summed E-state index contributed by atoms with van der Waals surface area (Å²) in [7, 11) is 0. The maximum absolute atomic E-state index is 5.64. The summed E-state index contributed by atoms with van der Waals surface area (Å²) in [5, 5.41) is 0.537. The summed E-state index contributed by atoms with van der Waals surface area (Å²) in [4.78, 5) is 0. The van der Waals surface area contributed by atoms with E-state index in [1.54, 1.807) is 11.8 Å². The lowest BCUT2D eigenvalue weighted by Crippen LogP contribution is -2.30. The molecular formula is C5H11NOS. The Labute approximate surface area is 53.8 Å². The predicted molar refractivity (Wildman–Crippen MR) is 36.1 cm³/mol. The molecule has 1 rings (SSSR count). The average Bonchev–Trinajstić information content (AvgIpc) is 2.14. The highest BCUT2D eigenvalue weighted by Gasteiger charge is 2.22. The van der Waals surface area contributed by atoms with Gasteiger partial charge in [-0.15, -0.1) is 0 Å². The Morgan fingerprint density at radius 1 is 1.62 bits per heavy atom. The van der Waals surface area contributed by atoms with E-state index in [4.69, 9.17) is 10.5 Å². The van der Waals surface area contributed by atoms with Crippen LogP contribution in [0, 0.1) is 0 Å². The minimum absolute atomic E-state index is 0.269. The molecule has 0 spiro atoms. The molecule has 3 heteroatoms. The lowest BCUT2D eigenvalue weighted by molar-refractivity contribution is 0.195. The minimum Gasteiger partial charge on any atom is -0.379 e. The van der Waals surface area contributed by atoms with Gasteiger partial charge in [0.2, 0.25) is 0 Å². The highest BCUT2D eigenvalue weighted by Crippen LogP contribution is 2.15. The molecule has 0 aromatic heterocycles. The van der Waals surface area contributed by atoms with Crippen LogP contribution in [0.2, 0.25) is 0 Å². The Morgan fingerprint density at radius 2 is 2.38 bits per heavy atom. The largest absolute Gasteiger partial charge is 0.379 e. The molecule has 1 aliphatic rings. The highest BCUT2D eigenvalue weighted by molar-refractivity contribution is 7.99. The lowest BCUT2D eigenvalue weighted by Gasteiger charge is -2.07. The van der Waals surface area contributed by atoms with Gasteiger partial charge < -0.3 is 10.5 Å². The number of hydrogen-bond donors (Lipinski definition) is 1.